The number of nitro groups is 1. The maximum absolute atomic E-state index is 13.6. The Kier molecular flexibility index (Phi) is 4.00. The second-order valence-corrected chi connectivity index (χ2v) is 4.32. The topological polar surface area (TPSA) is 117 Å². The quantitative estimate of drug-likeness (QED) is 0.656. The van der Waals surface area contributed by atoms with Gasteiger partial charge in [0.15, 0.2) is 6.10 Å². The van der Waals surface area contributed by atoms with E-state index < -0.39 is 34.1 Å². The summed E-state index contributed by atoms with van der Waals surface area (Å²) in [5, 5.41) is 28.8. The molecular formula is C12H10FN3O5. The predicted molar refractivity (Wildman–Crippen MR) is 67.6 cm³/mol. The van der Waals surface area contributed by atoms with Crippen LogP contribution in [-0.2, 0) is 4.74 Å². The van der Waals surface area contributed by atoms with E-state index in [9.17, 15) is 19.3 Å². The van der Waals surface area contributed by atoms with Crippen LogP contribution in [-0.4, -0.2) is 41.8 Å². The van der Waals surface area contributed by atoms with Gasteiger partial charge < -0.3 is 14.7 Å². The van der Waals surface area contributed by atoms with Crippen LogP contribution < -0.4 is 4.90 Å². The van der Waals surface area contributed by atoms with Gasteiger partial charge in [-0.1, -0.05) is 0 Å². The molecule has 0 aliphatic carbocycles. The number of halogens is 1. The molecule has 1 aromatic carbocycles. The van der Waals surface area contributed by atoms with Crippen molar-refractivity contribution in [2.24, 2.45) is 0 Å². The van der Waals surface area contributed by atoms with Crippen molar-refractivity contribution in [3.63, 3.8) is 0 Å². The van der Waals surface area contributed by atoms with Crippen LogP contribution in [0.15, 0.2) is 12.1 Å². The average Bonchev–Trinajstić information content (AvgIpc) is 2.46. The van der Waals surface area contributed by atoms with Gasteiger partial charge in [-0.05, 0) is 6.07 Å². The summed E-state index contributed by atoms with van der Waals surface area (Å²) in [6.07, 6.45) is -0.781. The van der Waals surface area contributed by atoms with Gasteiger partial charge in [0.1, 0.15) is 11.5 Å². The summed E-state index contributed by atoms with van der Waals surface area (Å²) in [7, 11) is 0. The summed E-state index contributed by atoms with van der Waals surface area (Å²) in [6, 6.07) is 3.37. The second kappa shape index (κ2) is 5.72. The Labute approximate surface area is 118 Å². The van der Waals surface area contributed by atoms with Gasteiger partial charge in [0.2, 0.25) is 0 Å². The fourth-order valence-corrected chi connectivity index (χ4v) is 2.06. The zero-order chi connectivity index (χ0) is 15.6. The summed E-state index contributed by atoms with van der Waals surface area (Å²) in [4.78, 5) is 22.6. The molecule has 1 fully saturated rings. The molecule has 0 aromatic heterocycles. The highest BCUT2D eigenvalue weighted by Crippen LogP contribution is 2.32. The first kappa shape index (κ1) is 14.7. The van der Waals surface area contributed by atoms with Crippen molar-refractivity contribution in [2.45, 2.75) is 6.10 Å². The fraction of sp³-hybridized carbons (Fsp3) is 0.333. The number of carbonyl (C=O) groups is 1. The third-order valence-corrected chi connectivity index (χ3v) is 3.04. The van der Waals surface area contributed by atoms with Crippen LogP contribution in [0.2, 0.25) is 0 Å². The van der Waals surface area contributed by atoms with Crippen LogP contribution in [0.25, 0.3) is 0 Å². The van der Waals surface area contributed by atoms with Gasteiger partial charge in [0.25, 0.3) is 5.69 Å². The lowest BCUT2D eigenvalue weighted by Crippen LogP contribution is -2.42. The Morgan fingerprint density at radius 1 is 1.62 bits per heavy atom. The standard InChI is InChI=1S/C12H10FN3O5/c13-9-4-11(16(19)20)10(3-8(9)12(17)18)15-1-2-21-7(5-14)6-15/h3-4,7H,1-2,6H2,(H,17,18). The van der Waals surface area contributed by atoms with E-state index in [0.29, 0.717) is 6.07 Å². The number of anilines is 1. The summed E-state index contributed by atoms with van der Waals surface area (Å²) >= 11 is 0. The first-order valence-corrected chi connectivity index (χ1v) is 5.91. The van der Waals surface area contributed by atoms with Crippen LogP contribution in [0.3, 0.4) is 0 Å². The molecule has 21 heavy (non-hydrogen) atoms. The van der Waals surface area contributed by atoms with Crippen LogP contribution in [0, 0.1) is 27.3 Å². The van der Waals surface area contributed by atoms with E-state index >= 15 is 0 Å². The van der Waals surface area contributed by atoms with E-state index in [-0.39, 0.29) is 25.4 Å². The molecule has 1 unspecified atom stereocenters. The SMILES string of the molecule is N#CC1CN(c2cc(C(=O)O)c(F)cc2[N+](=O)[O-])CCO1. The first-order valence-electron chi connectivity index (χ1n) is 5.91. The summed E-state index contributed by atoms with van der Waals surface area (Å²) in [5.41, 5.74) is -1.24. The molecule has 1 aliphatic rings. The van der Waals surface area contributed by atoms with Crippen molar-refractivity contribution in [1.29, 1.82) is 5.26 Å². The number of nitriles is 1. The number of ether oxygens (including phenoxy) is 1. The molecule has 1 aliphatic heterocycles. The summed E-state index contributed by atoms with van der Waals surface area (Å²) in [5.74, 6) is -2.70. The Hall–Kier alpha value is -2.73. The lowest BCUT2D eigenvalue weighted by Gasteiger charge is -2.31. The highest BCUT2D eigenvalue weighted by atomic mass is 19.1. The Morgan fingerprint density at radius 3 is 2.90 bits per heavy atom. The van der Waals surface area contributed by atoms with E-state index in [2.05, 4.69) is 0 Å². The maximum Gasteiger partial charge on any atom is 0.338 e. The molecule has 1 saturated heterocycles. The van der Waals surface area contributed by atoms with Crippen molar-refractivity contribution in [3.8, 4) is 6.07 Å². The minimum atomic E-state index is -1.52. The third-order valence-electron chi connectivity index (χ3n) is 3.04. The van der Waals surface area contributed by atoms with E-state index in [1.54, 1.807) is 0 Å². The van der Waals surface area contributed by atoms with E-state index in [1.165, 1.54) is 4.90 Å². The smallest absolute Gasteiger partial charge is 0.338 e. The molecule has 1 N–H and O–H groups in total. The maximum atomic E-state index is 13.6. The molecule has 0 bridgehead atoms. The molecular weight excluding hydrogens is 285 g/mol. The van der Waals surface area contributed by atoms with E-state index in [1.807, 2.05) is 6.07 Å². The molecule has 9 heteroatoms. The van der Waals surface area contributed by atoms with Crippen molar-refractivity contribution in [3.05, 3.63) is 33.6 Å². The van der Waals surface area contributed by atoms with Gasteiger partial charge in [0.05, 0.1) is 35.8 Å². The molecule has 0 spiro atoms. The fourth-order valence-electron chi connectivity index (χ4n) is 2.06. The number of hydrogen-bond donors (Lipinski definition) is 1. The summed E-state index contributed by atoms with van der Waals surface area (Å²) in [6.45, 7) is 0.445. The molecule has 0 saturated carbocycles. The van der Waals surface area contributed by atoms with Crippen LogP contribution in [0.4, 0.5) is 15.8 Å². The molecule has 0 amide bonds. The highest BCUT2D eigenvalue weighted by molar-refractivity contribution is 5.90. The largest absolute Gasteiger partial charge is 0.478 e. The average molecular weight is 295 g/mol. The Bertz CT molecular complexity index is 643. The van der Waals surface area contributed by atoms with Crippen molar-refractivity contribution in [2.75, 3.05) is 24.6 Å². The number of nitrogens with zero attached hydrogens (tertiary/aromatic N) is 3. The number of benzene rings is 1. The number of nitro benzene ring substituents is 1. The Morgan fingerprint density at radius 2 is 2.33 bits per heavy atom. The monoisotopic (exact) mass is 295 g/mol. The van der Waals surface area contributed by atoms with Gasteiger partial charge >= 0.3 is 5.97 Å². The van der Waals surface area contributed by atoms with Gasteiger partial charge in [-0.25, -0.2) is 9.18 Å². The zero-order valence-electron chi connectivity index (χ0n) is 10.7. The molecule has 8 nitrogen and oxygen atoms in total. The molecule has 1 heterocycles. The second-order valence-electron chi connectivity index (χ2n) is 4.32. The van der Waals surface area contributed by atoms with Gasteiger partial charge in [-0.15, -0.1) is 0 Å². The van der Waals surface area contributed by atoms with Crippen molar-refractivity contribution in [1.82, 2.24) is 0 Å². The number of aromatic carboxylic acids is 1. The van der Waals surface area contributed by atoms with Crippen molar-refractivity contribution < 1.29 is 24.0 Å². The normalized spacial score (nSPS) is 18.1. The molecule has 110 valence electrons. The van der Waals surface area contributed by atoms with Crippen LogP contribution >= 0.6 is 0 Å². The number of morpholine rings is 1. The number of hydrogen-bond acceptors (Lipinski definition) is 6. The van der Waals surface area contributed by atoms with Gasteiger partial charge in [-0.2, -0.15) is 5.26 Å². The lowest BCUT2D eigenvalue weighted by atomic mass is 10.1. The number of carboxylic acids is 1. The van der Waals surface area contributed by atoms with E-state index in [0.717, 1.165) is 6.07 Å². The highest BCUT2D eigenvalue weighted by Gasteiger charge is 2.29. The molecule has 0 radical (unpaired) electrons. The van der Waals surface area contributed by atoms with Gasteiger partial charge in [0, 0.05) is 6.54 Å². The van der Waals surface area contributed by atoms with Crippen LogP contribution in [0.5, 0.6) is 0 Å². The molecule has 1 atom stereocenters. The van der Waals surface area contributed by atoms with E-state index in [4.69, 9.17) is 15.1 Å². The molecule has 2 rings (SSSR count). The summed E-state index contributed by atoms with van der Waals surface area (Å²) < 4.78 is 18.7. The Balaban J connectivity index is 2.49. The third kappa shape index (κ3) is 2.90. The lowest BCUT2D eigenvalue weighted by molar-refractivity contribution is -0.384. The first-order chi connectivity index (χ1) is 9.93. The minimum Gasteiger partial charge on any atom is -0.478 e. The zero-order valence-corrected chi connectivity index (χ0v) is 10.7. The minimum absolute atomic E-state index is 0.0395. The molecule has 1 aromatic rings. The number of rotatable bonds is 3. The van der Waals surface area contributed by atoms with Crippen LogP contribution in [0.1, 0.15) is 10.4 Å². The van der Waals surface area contributed by atoms with Gasteiger partial charge in [-0.3, -0.25) is 10.1 Å². The number of carboxylic acid groups (broad SMARTS) is 1. The predicted octanol–water partition coefficient (Wildman–Crippen LogP) is 1.16. The van der Waals surface area contributed by atoms with Crippen molar-refractivity contribution >= 4 is 17.3 Å².